The van der Waals surface area contributed by atoms with Crippen molar-refractivity contribution in [1.82, 2.24) is 29.4 Å². The van der Waals surface area contributed by atoms with Gasteiger partial charge < -0.3 is 15.1 Å². The van der Waals surface area contributed by atoms with Crippen LogP contribution >= 0.6 is 22.9 Å². The van der Waals surface area contributed by atoms with Crippen molar-refractivity contribution >= 4 is 60.7 Å². The van der Waals surface area contributed by atoms with Gasteiger partial charge in [0.2, 0.25) is 5.91 Å². The number of carbonyl (C=O) groups is 1. The molecule has 2 atom stereocenters. The number of amides is 1. The summed E-state index contributed by atoms with van der Waals surface area (Å²) in [6.45, 7) is 1.72. The largest absolute Gasteiger partial charge is 0.341 e. The van der Waals surface area contributed by atoms with Gasteiger partial charge in [-0.15, -0.1) is 16.4 Å². The third kappa shape index (κ3) is 3.75. The summed E-state index contributed by atoms with van der Waals surface area (Å²) in [6, 6.07) is 6.50. The molecule has 4 heterocycles. The summed E-state index contributed by atoms with van der Waals surface area (Å²) in [5, 5.41) is 8.70. The minimum Gasteiger partial charge on any atom is -0.341 e. The molecule has 1 N–H and O–H groups in total. The van der Waals surface area contributed by atoms with Crippen LogP contribution in [-0.2, 0) is 17.6 Å². The standard InChI is InChI=1S/C23H25N7OS2/c1-29(2)15-7-8-30(11-15)23(31)13-3-5-16-18(9-13)32-22-20(16)21(24-12-25-22)26-14-4-6-17-19(10-14)33-28-27-17/h4,6,10,12-13,15H,3,5,7-9,11H2,1-2H3,(H,24,25,26)/t13-,15+/m0/s1. The number of nitrogens with one attached hydrogen (secondary N) is 1. The quantitative estimate of drug-likeness (QED) is 0.477. The van der Waals surface area contributed by atoms with E-state index in [1.807, 2.05) is 12.1 Å². The minimum atomic E-state index is 0.0667. The highest BCUT2D eigenvalue weighted by Crippen LogP contribution is 2.41. The molecule has 4 aromatic rings. The van der Waals surface area contributed by atoms with E-state index in [4.69, 9.17) is 0 Å². The second-order valence-corrected chi connectivity index (χ2v) is 11.0. The monoisotopic (exact) mass is 479 g/mol. The van der Waals surface area contributed by atoms with Crippen molar-refractivity contribution < 1.29 is 4.79 Å². The molecule has 2 aliphatic rings. The first kappa shape index (κ1) is 20.9. The number of thiophene rings is 1. The molecule has 8 nitrogen and oxygen atoms in total. The van der Waals surface area contributed by atoms with Crippen molar-refractivity contribution in [2.45, 2.75) is 31.7 Å². The van der Waals surface area contributed by atoms with Crippen LogP contribution in [0.15, 0.2) is 24.5 Å². The number of anilines is 2. The molecule has 0 radical (unpaired) electrons. The second-order valence-electron chi connectivity index (χ2n) is 9.12. The molecule has 1 aromatic carbocycles. The Hall–Kier alpha value is -2.69. The molecule has 1 saturated heterocycles. The van der Waals surface area contributed by atoms with E-state index in [1.54, 1.807) is 17.7 Å². The zero-order valence-electron chi connectivity index (χ0n) is 18.6. The number of hydrogen-bond acceptors (Lipinski definition) is 9. The molecule has 3 aromatic heterocycles. The number of benzene rings is 1. The van der Waals surface area contributed by atoms with Crippen molar-refractivity contribution in [3.8, 4) is 0 Å². The van der Waals surface area contributed by atoms with Gasteiger partial charge in [-0.1, -0.05) is 4.49 Å². The van der Waals surface area contributed by atoms with Gasteiger partial charge in [-0.25, -0.2) is 9.97 Å². The molecule has 0 spiro atoms. The smallest absolute Gasteiger partial charge is 0.226 e. The van der Waals surface area contributed by atoms with Crippen LogP contribution in [-0.4, -0.2) is 68.5 Å². The van der Waals surface area contributed by atoms with Gasteiger partial charge in [0.15, 0.2) is 0 Å². The van der Waals surface area contributed by atoms with E-state index in [2.05, 4.69) is 54.8 Å². The van der Waals surface area contributed by atoms with Crippen LogP contribution in [0.1, 0.15) is 23.3 Å². The number of likely N-dealkylation sites (tertiary alicyclic amines) is 1. The summed E-state index contributed by atoms with van der Waals surface area (Å²) < 4.78 is 5.06. The van der Waals surface area contributed by atoms with Crippen molar-refractivity contribution in [2.24, 2.45) is 5.92 Å². The number of hydrogen-bond donors (Lipinski definition) is 1. The Labute approximate surface area is 199 Å². The molecular formula is C23H25N7OS2. The molecule has 10 heteroatoms. The normalized spacial score (nSPS) is 20.6. The van der Waals surface area contributed by atoms with Gasteiger partial charge in [0.05, 0.1) is 10.1 Å². The number of nitrogens with zero attached hydrogens (tertiary/aromatic N) is 6. The highest BCUT2D eigenvalue weighted by molar-refractivity contribution is 7.19. The van der Waals surface area contributed by atoms with Gasteiger partial charge in [0.1, 0.15) is 22.5 Å². The van der Waals surface area contributed by atoms with E-state index in [1.165, 1.54) is 22.0 Å². The molecule has 1 amide bonds. The number of rotatable bonds is 4. The van der Waals surface area contributed by atoms with Gasteiger partial charge in [0.25, 0.3) is 0 Å². The maximum atomic E-state index is 13.2. The highest BCUT2D eigenvalue weighted by atomic mass is 32.1. The molecule has 170 valence electrons. The minimum absolute atomic E-state index is 0.0667. The Balaban J connectivity index is 1.25. The van der Waals surface area contributed by atoms with Crippen LogP contribution in [0.4, 0.5) is 11.5 Å². The molecule has 6 rings (SSSR count). The zero-order chi connectivity index (χ0) is 22.5. The Kier molecular flexibility index (Phi) is 5.23. The fraction of sp³-hybridized carbons (Fsp3) is 0.435. The van der Waals surface area contributed by atoms with Crippen molar-refractivity contribution in [1.29, 1.82) is 0 Å². The summed E-state index contributed by atoms with van der Waals surface area (Å²) in [4.78, 5) is 28.9. The second kappa shape index (κ2) is 8.27. The van der Waals surface area contributed by atoms with Gasteiger partial charge in [0, 0.05) is 35.6 Å². The summed E-state index contributed by atoms with van der Waals surface area (Å²) >= 11 is 3.09. The third-order valence-electron chi connectivity index (χ3n) is 6.91. The molecule has 0 saturated carbocycles. The van der Waals surface area contributed by atoms with E-state index in [9.17, 15) is 4.79 Å². The Bertz CT molecular complexity index is 1350. The lowest BCUT2D eigenvalue weighted by Gasteiger charge is -2.27. The van der Waals surface area contributed by atoms with Crippen LogP contribution in [0.3, 0.4) is 0 Å². The van der Waals surface area contributed by atoms with Crippen LogP contribution in [0.2, 0.25) is 0 Å². The Morgan fingerprint density at radius 2 is 2.15 bits per heavy atom. The molecule has 0 unspecified atom stereocenters. The lowest BCUT2D eigenvalue weighted by Crippen LogP contribution is -2.39. The van der Waals surface area contributed by atoms with Crippen LogP contribution in [0.25, 0.3) is 20.4 Å². The summed E-state index contributed by atoms with van der Waals surface area (Å²) in [7, 11) is 4.20. The first-order valence-electron chi connectivity index (χ1n) is 11.3. The average molecular weight is 480 g/mol. The number of carbonyl (C=O) groups excluding carboxylic acids is 1. The number of aromatic nitrogens is 4. The number of fused-ring (bicyclic) bond motifs is 4. The van der Waals surface area contributed by atoms with Gasteiger partial charge in [-0.3, -0.25) is 4.79 Å². The van der Waals surface area contributed by atoms with Gasteiger partial charge >= 0.3 is 0 Å². The summed E-state index contributed by atoms with van der Waals surface area (Å²) in [5.74, 6) is 1.21. The predicted octanol–water partition coefficient (Wildman–Crippen LogP) is 3.71. The molecule has 33 heavy (non-hydrogen) atoms. The summed E-state index contributed by atoms with van der Waals surface area (Å²) in [6.07, 6.45) is 5.25. The predicted molar refractivity (Wildman–Crippen MR) is 132 cm³/mol. The number of likely N-dealkylation sites (N-methyl/N-ethyl adjacent to an activating group) is 1. The third-order valence-corrected chi connectivity index (χ3v) is 8.76. The fourth-order valence-electron chi connectivity index (χ4n) is 5.03. The van der Waals surface area contributed by atoms with Gasteiger partial charge in [-0.2, -0.15) is 0 Å². The first-order chi connectivity index (χ1) is 16.1. The topological polar surface area (TPSA) is 87.1 Å². The maximum Gasteiger partial charge on any atom is 0.226 e. The van der Waals surface area contributed by atoms with Crippen molar-refractivity contribution in [3.63, 3.8) is 0 Å². The van der Waals surface area contributed by atoms with Crippen LogP contribution < -0.4 is 5.32 Å². The van der Waals surface area contributed by atoms with Crippen LogP contribution in [0.5, 0.6) is 0 Å². The van der Waals surface area contributed by atoms with E-state index in [0.717, 1.165) is 70.7 Å². The Morgan fingerprint density at radius 3 is 3.00 bits per heavy atom. The van der Waals surface area contributed by atoms with Crippen molar-refractivity contribution in [3.05, 3.63) is 35.0 Å². The van der Waals surface area contributed by atoms with E-state index in [0.29, 0.717) is 11.9 Å². The Morgan fingerprint density at radius 1 is 1.24 bits per heavy atom. The zero-order valence-corrected chi connectivity index (χ0v) is 20.2. The summed E-state index contributed by atoms with van der Waals surface area (Å²) in [5.41, 5.74) is 3.16. The molecular weight excluding hydrogens is 454 g/mol. The first-order valence-corrected chi connectivity index (χ1v) is 12.9. The fourth-order valence-corrected chi connectivity index (χ4v) is 6.90. The van der Waals surface area contributed by atoms with Crippen LogP contribution in [0, 0.1) is 5.92 Å². The highest BCUT2D eigenvalue weighted by Gasteiger charge is 2.35. The SMILES string of the molecule is CN(C)[C@@H]1CCN(C(=O)[C@H]2CCc3c(sc4ncnc(Nc5ccc6nnsc6c5)c34)C2)C1. The van der Waals surface area contributed by atoms with Gasteiger partial charge in [-0.05, 0) is 75.1 Å². The van der Waals surface area contributed by atoms with E-state index < -0.39 is 0 Å². The molecule has 0 bridgehead atoms. The molecule has 1 aliphatic carbocycles. The van der Waals surface area contributed by atoms with Crippen molar-refractivity contribution in [2.75, 3.05) is 32.5 Å². The molecule has 1 fully saturated rings. The van der Waals surface area contributed by atoms with E-state index in [-0.39, 0.29) is 5.92 Å². The molecule has 1 aliphatic heterocycles. The lowest BCUT2D eigenvalue weighted by molar-refractivity contribution is -0.134. The maximum absolute atomic E-state index is 13.2. The average Bonchev–Trinajstić information content (AvgIpc) is 3.55. The number of aryl methyl sites for hydroxylation is 1. The lowest BCUT2D eigenvalue weighted by atomic mass is 9.87. The van der Waals surface area contributed by atoms with E-state index >= 15 is 0 Å².